The van der Waals surface area contributed by atoms with Crippen molar-refractivity contribution in [3.63, 3.8) is 0 Å². The van der Waals surface area contributed by atoms with Crippen LogP contribution in [0.3, 0.4) is 0 Å². The first kappa shape index (κ1) is 27.9. The molecule has 11 heteroatoms. The second-order valence-corrected chi connectivity index (χ2v) is 9.53. The molecule has 3 rings (SSSR count). The molecule has 3 atom stereocenters. The molecule has 202 valence electrons. The van der Waals surface area contributed by atoms with Crippen molar-refractivity contribution < 1.29 is 28.7 Å². The minimum absolute atomic E-state index is 0.129. The molecule has 0 bridgehead atoms. The monoisotopic (exact) mass is 515 g/mol. The Labute approximate surface area is 217 Å². The van der Waals surface area contributed by atoms with E-state index in [4.69, 9.17) is 4.74 Å². The maximum Gasteiger partial charge on any atom is 0.245 e. The lowest BCUT2D eigenvalue weighted by Crippen LogP contribution is -2.54. The molecule has 5 amide bonds. The number of methoxy groups -OCH3 is 1. The summed E-state index contributed by atoms with van der Waals surface area (Å²) in [7, 11) is 3.12. The van der Waals surface area contributed by atoms with Crippen LogP contribution in [0.2, 0.25) is 0 Å². The van der Waals surface area contributed by atoms with Gasteiger partial charge < -0.3 is 30.5 Å². The standard InChI is InChI=1S/C26H37N5O6/c1-17-24(34)27-13-5-15-31(26(36)20-11-12-23(33)28-20)14-4-6-22(32)29-21(25(35)30(17)2)16-18-7-9-19(37-3)10-8-18/h7-10,17,20-21H,4-6,11-16H2,1-3H3,(H,27,34)(H,28,33)(H,29,32)/t17-,20-,21-/m0/s1. The fourth-order valence-corrected chi connectivity index (χ4v) is 4.49. The van der Waals surface area contributed by atoms with Gasteiger partial charge in [0.25, 0.3) is 0 Å². The van der Waals surface area contributed by atoms with Crippen LogP contribution in [0, 0.1) is 0 Å². The van der Waals surface area contributed by atoms with Crippen LogP contribution < -0.4 is 20.7 Å². The van der Waals surface area contributed by atoms with Crippen molar-refractivity contribution >= 4 is 29.5 Å². The molecule has 2 saturated heterocycles. The van der Waals surface area contributed by atoms with Gasteiger partial charge >= 0.3 is 0 Å². The number of benzene rings is 1. The van der Waals surface area contributed by atoms with E-state index in [1.54, 1.807) is 38.1 Å². The predicted octanol–water partition coefficient (Wildman–Crippen LogP) is -0.0233. The third-order valence-corrected chi connectivity index (χ3v) is 6.88. The van der Waals surface area contributed by atoms with Crippen LogP contribution in [0.5, 0.6) is 5.75 Å². The topological polar surface area (TPSA) is 137 Å². The van der Waals surface area contributed by atoms with Crippen molar-refractivity contribution in [2.75, 3.05) is 33.8 Å². The number of rotatable bonds is 4. The minimum Gasteiger partial charge on any atom is -0.497 e. The molecule has 1 aromatic rings. The second kappa shape index (κ2) is 13.1. The Balaban J connectivity index is 1.75. The van der Waals surface area contributed by atoms with Gasteiger partial charge in [-0.2, -0.15) is 0 Å². The Hall–Kier alpha value is -3.63. The van der Waals surface area contributed by atoms with Gasteiger partial charge in [0.05, 0.1) is 7.11 Å². The quantitative estimate of drug-likeness (QED) is 0.515. The highest BCUT2D eigenvalue weighted by atomic mass is 16.5. The Morgan fingerprint density at radius 1 is 1.00 bits per heavy atom. The first-order chi connectivity index (χ1) is 17.7. The SMILES string of the molecule is COc1ccc(C[C@@H]2NC(=O)CCCN(C(=O)[C@@H]3CCC(=O)N3)CCCNC(=O)[C@H](C)N(C)C2=O)cc1. The summed E-state index contributed by atoms with van der Waals surface area (Å²) in [6.45, 7) is 2.69. The summed E-state index contributed by atoms with van der Waals surface area (Å²) in [5, 5.41) is 8.36. The highest BCUT2D eigenvalue weighted by Gasteiger charge is 2.32. The lowest BCUT2D eigenvalue weighted by molar-refractivity contribution is -0.141. The van der Waals surface area contributed by atoms with E-state index < -0.39 is 18.1 Å². The molecule has 3 N–H and O–H groups in total. The van der Waals surface area contributed by atoms with Gasteiger partial charge in [-0.05, 0) is 43.9 Å². The predicted molar refractivity (Wildman–Crippen MR) is 135 cm³/mol. The fraction of sp³-hybridized carbons (Fsp3) is 0.577. The van der Waals surface area contributed by atoms with Gasteiger partial charge in [0.1, 0.15) is 23.9 Å². The van der Waals surface area contributed by atoms with E-state index in [-0.39, 0.29) is 42.4 Å². The van der Waals surface area contributed by atoms with E-state index in [9.17, 15) is 24.0 Å². The Bertz CT molecular complexity index is 998. The Morgan fingerprint density at radius 2 is 1.68 bits per heavy atom. The first-order valence-corrected chi connectivity index (χ1v) is 12.7. The summed E-state index contributed by atoms with van der Waals surface area (Å²) in [5.41, 5.74) is 0.832. The Morgan fingerprint density at radius 3 is 2.32 bits per heavy atom. The molecular weight excluding hydrogens is 478 g/mol. The second-order valence-electron chi connectivity index (χ2n) is 9.53. The van der Waals surface area contributed by atoms with Gasteiger partial charge in [0.2, 0.25) is 29.5 Å². The van der Waals surface area contributed by atoms with Crippen molar-refractivity contribution in [2.45, 2.75) is 63.6 Å². The summed E-state index contributed by atoms with van der Waals surface area (Å²) >= 11 is 0. The molecule has 0 unspecified atom stereocenters. The van der Waals surface area contributed by atoms with Crippen molar-refractivity contribution in [3.05, 3.63) is 29.8 Å². The molecule has 2 heterocycles. The molecule has 2 fully saturated rings. The van der Waals surface area contributed by atoms with Crippen molar-refractivity contribution in [1.29, 1.82) is 0 Å². The molecule has 2 aliphatic rings. The number of nitrogens with one attached hydrogen (secondary N) is 3. The maximum absolute atomic E-state index is 13.3. The van der Waals surface area contributed by atoms with Crippen LogP contribution >= 0.6 is 0 Å². The summed E-state index contributed by atoms with van der Waals surface area (Å²) in [4.78, 5) is 66.5. The van der Waals surface area contributed by atoms with E-state index in [1.165, 1.54) is 4.90 Å². The molecule has 0 saturated carbocycles. The third-order valence-electron chi connectivity index (χ3n) is 6.88. The largest absolute Gasteiger partial charge is 0.497 e. The lowest BCUT2D eigenvalue weighted by Gasteiger charge is -2.29. The van der Waals surface area contributed by atoms with E-state index >= 15 is 0 Å². The number of ether oxygens (including phenoxy) is 1. The Kier molecular flexibility index (Phi) is 9.87. The molecular formula is C26H37N5O6. The number of amides is 5. The summed E-state index contributed by atoms with van der Waals surface area (Å²) in [6.07, 6.45) is 2.06. The molecule has 11 nitrogen and oxygen atoms in total. The van der Waals surface area contributed by atoms with Crippen LogP contribution in [0.1, 0.15) is 44.6 Å². The zero-order chi connectivity index (χ0) is 26.9. The van der Waals surface area contributed by atoms with Crippen LogP contribution in [0.15, 0.2) is 24.3 Å². The summed E-state index contributed by atoms with van der Waals surface area (Å²) in [6, 6.07) is 5.05. The average Bonchev–Trinajstić information content (AvgIpc) is 3.33. The van der Waals surface area contributed by atoms with Gasteiger partial charge in [-0.1, -0.05) is 12.1 Å². The maximum atomic E-state index is 13.3. The third kappa shape index (κ3) is 7.68. The molecule has 0 radical (unpaired) electrons. The van der Waals surface area contributed by atoms with E-state index in [2.05, 4.69) is 16.0 Å². The zero-order valence-corrected chi connectivity index (χ0v) is 21.7. The van der Waals surface area contributed by atoms with Crippen molar-refractivity contribution in [3.8, 4) is 5.75 Å². The minimum atomic E-state index is -0.863. The van der Waals surface area contributed by atoms with Gasteiger partial charge in [0, 0.05) is 45.9 Å². The van der Waals surface area contributed by atoms with Crippen LogP contribution in [-0.4, -0.2) is 91.3 Å². The molecule has 0 spiro atoms. The summed E-state index contributed by atoms with van der Waals surface area (Å²) < 4.78 is 5.19. The molecule has 0 aliphatic carbocycles. The van der Waals surface area contributed by atoms with Crippen molar-refractivity contribution in [1.82, 2.24) is 25.8 Å². The highest BCUT2D eigenvalue weighted by Crippen LogP contribution is 2.15. The van der Waals surface area contributed by atoms with E-state index in [0.29, 0.717) is 51.1 Å². The van der Waals surface area contributed by atoms with Gasteiger partial charge in [0.15, 0.2) is 0 Å². The molecule has 2 aliphatic heterocycles. The highest BCUT2D eigenvalue weighted by molar-refractivity contribution is 5.92. The van der Waals surface area contributed by atoms with Crippen LogP contribution in [0.25, 0.3) is 0 Å². The smallest absolute Gasteiger partial charge is 0.245 e. The average molecular weight is 516 g/mol. The van der Waals surface area contributed by atoms with Crippen molar-refractivity contribution in [2.24, 2.45) is 0 Å². The van der Waals surface area contributed by atoms with Gasteiger partial charge in [-0.25, -0.2) is 0 Å². The summed E-state index contributed by atoms with van der Waals surface area (Å²) in [5.74, 6) is -0.637. The van der Waals surface area contributed by atoms with Gasteiger partial charge in [-0.15, -0.1) is 0 Å². The molecule has 0 aromatic heterocycles. The van der Waals surface area contributed by atoms with Crippen LogP contribution in [-0.2, 0) is 30.4 Å². The molecule has 1 aromatic carbocycles. The van der Waals surface area contributed by atoms with Gasteiger partial charge in [-0.3, -0.25) is 24.0 Å². The number of carbonyl (C=O) groups is 5. The number of carbonyl (C=O) groups excluding carboxylic acids is 5. The zero-order valence-electron chi connectivity index (χ0n) is 21.7. The number of likely N-dealkylation sites (N-methyl/N-ethyl adjacent to an activating group) is 1. The fourth-order valence-electron chi connectivity index (χ4n) is 4.49. The first-order valence-electron chi connectivity index (χ1n) is 12.7. The van der Waals surface area contributed by atoms with E-state index in [0.717, 1.165) is 5.56 Å². The number of hydrogen-bond acceptors (Lipinski definition) is 6. The van der Waals surface area contributed by atoms with E-state index in [1.807, 2.05) is 12.1 Å². The number of nitrogens with zero attached hydrogens (tertiary/aromatic N) is 2. The normalized spacial score (nSPS) is 24.5. The number of hydrogen-bond donors (Lipinski definition) is 3. The van der Waals surface area contributed by atoms with Crippen LogP contribution in [0.4, 0.5) is 0 Å². The molecule has 37 heavy (non-hydrogen) atoms. The lowest BCUT2D eigenvalue weighted by atomic mass is 10.0.